The highest BCUT2D eigenvalue weighted by Crippen LogP contribution is 1.90. The van der Waals surface area contributed by atoms with Crippen LogP contribution in [0.25, 0.3) is 0 Å². The second kappa shape index (κ2) is 6.53. The van der Waals surface area contributed by atoms with Crippen LogP contribution in [0.1, 0.15) is 5.82 Å². The molecule has 1 heterocycles. The zero-order valence-electron chi connectivity index (χ0n) is 8.62. The summed E-state index contributed by atoms with van der Waals surface area (Å²) in [6, 6.07) is 0. The van der Waals surface area contributed by atoms with Crippen molar-refractivity contribution in [3.05, 3.63) is 18.2 Å². The second-order valence-electron chi connectivity index (χ2n) is 2.89. The average Bonchev–Trinajstić information content (AvgIpc) is 2.71. The fourth-order valence-corrected chi connectivity index (χ4v) is 1.12. The third-order valence-corrected chi connectivity index (χ3v) is 1.93. The Labute approximate surface area is 83.8 Å². The maximum Gasteiger partial charge on any atom is 0.169 e. The molecule has 1 aromatic rings. The molecule has 0 aliphatic rings. The van der Waals surface area contributed by atoms with Crippen LogP contribution in [0.15, 0.2) is 12.4 Å². The predicted octanol–water partition coefficient (Wildman–Crippen LogP) is 0.161. The molecule has 1 aromatic heterocycles. The van der Waals surface area contributed by atoms with E-state index in [1.54, 1.807) is 20.4 Å². The average molecular weight is 199 g/mol. The lowest BCUT2D eigenvalue weighted by Crippen LogP contribution is -2.31. The monoisotopic (exact) mass is 199 g/mol. The molecule has 5 nitrogen and oxygen atoms in total. The van der Waals surface area contributed by atoms with Gasteiger partial charge in [0.15, 0.2) is 6.29 Å². The van der Waals surface area contributed by atoms with Crippen LogP contribution in [0.5, 0.6) is 0 Å². The van der Waals surface area contributed by atoms with Gasteiger partial charge in [-0.25, -0.2) is 4.98 Å². The number of H-pyrrole nitrogens is 1. The van der Waals surface area contributed by atoms with Crippen molar-refractivity contribution in [2.45, 2.75) is 12.7 Å². The molecular formula is C9H17N3O2. The number of imidazole rings is 1. The normalized spacial score (nSPS) is 11.1. The summed E-state index contributed by atoms with van der Waals surface area (Å²) in [6.45, 7) is 1.55. The SMILES string of the molecule is COC(CNCCc1ncc[nH]1)OC. The van der Waals surface area contributed by atoms with Crippen LogP contribution in [-0.2, 0) is 15.9 Å². The second-order valence-corrected chi connectivity index (χ2v) is 2.89. The Kier molecular flexibility index (Phi) is 5.21. The molecule has 0 aromatic carbocycles. The quantitative estimate of drug-likeness (QED) is 0.485. The zero-order valence-corrected chi connectivity index (χ0v) is 8.62. The van der Waals surface area contributed by atoms with Gasteiger partial charge in [0.25, 0.3) is 0 Å². The third kappa shape index (κ3) is 3.87. The molecule has 2 N–H and O–H groups in total. The van der Waals surface area contributed by atoms with Crippen LogP contribution >= 0.6 is 0 Å². The first kappa shape index (κ1) is 11.2. The van der Waals surface area contributed by atoms with Gasteiger partial charge in [0.1, 0.15) is 5.82 Å². The number of ether oxygens (including phenoxy) is 2. The van der Waals surface area contributed by atoms with E-state index in [0.29, 0.717) is 6.54 Å². The Morgan fingerprint density at radius 2 is 2.29 bits per heavy atom. The standard InChI is InChI=1S/C9H17N3O2/c1-13-9(14-2)7-10-4-3-8-11-5-6-12-8/h5-6,9-10H,3-4,7H2,1-2H3,(H,11,12). The van der Waals surface area contributed by atoms with E-state index in [0.717, 1.165) is 18.8 Å². The molecule has 80 valence electrons. The maximum atomic E-state index is 5.03. The van der Waals surface area contributed by atoms with Crippen LogP contribution in [0.2, 0.25) is 0 Å². The van der Waals surface area contributed by atoms with Crippen molar-refractivity contribution in [2.75, 3.05) is 27.3 Å². The molecule has 14 heavy (non-hydrogen) atoms. The molecule has 0 fully saturated rings. The predicted molar refractivity (Wildman–Crippen MR) is 53.0 cm³/mol. The number of rotatable bonds is 7. The first-order chi connectivity index (χ1) is 6.86. The van der Waals surface area contributed by atoms with E-state index in [1.165, 1.54) is 0 Å². The number of aromatic amines is 1. The van der Waals surface area contributed by atoms with Crippen molar-refractivity contribution in [3.63, 3.8) is 0 Å². The van der Waals surface area contributed by atoms with Crippen LogP contribution in [0, 0.1) is 0 Å². The zero-order chi connectivity index (χ0) is 10.2. The van der Waals surface area contributed by atoms with Crippen molar-refractivity contribution < 1.29 is 9.47 Å². The Hall–Kier alpha value is -0.910. The van der Waals surface area contributed by atoms with E-state index in [9.17, 15) is 0 Å². The summed E-state index contributed by atoms with van der Waals surface area (Å²) in [4.78, 5) is 7.15. The molecule has 0 radical (unpaired) electrons. The van der Waals surface area contributed by atoms with E-state index in [2.05, 4.69) is 15.3 Å². The van der Waals surface area contributed by atoms with Gasteiger partial charge in [-0.1, -0.05) is 0 Å². The van der Waals surface area contributed by atoms with Crippen molar-refractivity contribution >= 4 is 0 Å². The summed E-state index contributed by atoms with van der Waals surface area (Å²) in [6.07, 6.45) is 4.28. The number of nitrogens with one attached hydrogen (secondary N) is 2. The first-order valence-corrected chi connectivity index (χ1v) is 4.61. The number of nitrogens with zero attached hydrogens (tertiary/aromatic N) is 1. The van der Waals surface area contributed by atoms with Gasteiger partial charge in [-0.3, -0.25) is 0 Å². The van der Waals surface area contributed by atoms with Gasteiger partial charge in [-0.15, -0.1) is 0 Å². The van der Waals surface area contributed by atoms with Gasteiger partial charge >= 0.3 is 0 Å². The molecule has 0 aliphatic carbocycles. The van der Waals surface area contributed by atoms with Gasteiger partial charge in [-0.05, 0) is 0 Å². The molecule has 0 unspecified atom stereocenters. The summed E-state index contributed by atoms with van der Waals surface area (Å²) in [5, 5.41) is 3.22. The number of hydrogen-bond acceptors (Lipinski definition) is 4. The molecule has 0 saturated carbocycles. The van der Waals surface area contributed by atoms with Crippen LogP contribution in [-0.4, -0.2) is 43.6 Å². The molecule has 0 amide bonds. The fraction of sp³-hybridized carbons (Fsp3) is 0.667. The minimum Gasteiger partial charge on any atom is -0.355 e. The van der Waals surface area contributed by atoms with Crippen molar-refractivity contribution in [1.82, 2.24) is 15.3 Å². The van der Waals surface area contributed by atoms with Crippen LogP contribution < -0.4 is 5.32 Å². The Balaban J connectivity index is 2.04. The molecule has 5 heteroatoms. The van der Waals surface area contributed by atoms with Crippen molar-refractivity contribution in [1.29, 1.82) is 0 Å². The first-order valence-electron chi connectivity index (χ1n) is 4.61. The van der Waals surface area contributed by atoms with Crippen LogP contribution in [0.3, 0.4) is 0 Å². The van der Waals surface area contributed by atoms with Gasteiger partial charge < -0.3 is 19.8 Å². The minimum atomic E-state index is -0.174. The van der Waals surface area contributed by atoms with Gasteiger partial charge in [0, 0.05) is 46.1 Å². The summed E-state index contributed by atoms with van der Waals surface area (Å²) in [7, 11) is 3.25. The Morgan fingerprint density at radius 1 is 1.50 bits per heavy atom. The lowest BCUT2D eigenvalue weighted by molar-refractivity contribution is -0.0986. The third-order valence-electron chi connectivity index (χ3n) is 1.93. The highest BCUT2D eigenvalue weighted by molar-refractivity contribution is 4.87. The molecular weight excluding hydrogens is 182 g/mol. The highest BCUT2D eigenvalue weighted by Gasteiger charge is 2.03. The molecule has 0 spiro atoms. The van der Waals surface area contributed by atoms with Gasteiger partial charge in [0.05, 0.1) is 0 Å². The molecule has 0 bridgehead atoms. The van der Waals surface area contributed by atoms with E-state index in [1.807, 2.05) is 6.20 Å². The number of aromatic nitrogens is 2. The van der Waals surface area contributed by atoms with E-state index in [4.69, 9.17) is 9.47 Å². The summed E-state index contributed by atoms with van der Waals surface area (Å²) < 4.78 is 10.1. The summed E-state index contributed by atoms with van der Waals surface area (Å²) in [5.41, 5.74) is 0. The van der Waals surface area contributed by atoms with Gasteiger partial charge in [-0.2, -0.15) is 0 Å². The smallest absolute Gasteiger partial charge is 0.169 e. The maximum absolute atomic E-state index is 5.03. The topological polar surface area (TPSA) is 59.2 Å². The minimum absolute atomic E-state index is 0.174. The fourth-order valence-electron chi connectivity index (χ4n) is 1.12. The molecule has 0 aliphatic heterocycles. The van der Waals surface area contributed by atoms with Gasteiger partial charge in [0.2, 0.25) is 0 Å². The lowest BCUT2D eigenvalue weighted by atomic mass is 10.4. The summed E-state index contributed by atoms with van der Waals surface area (Å²) >= 11 is 0. The molecule has 0 saturated heterocycles. The largest absolute Gasteiger partial charge is 0.355 e. The number of hydrogen-bond donors (Lipinski definition) is 2. The van der Waals surface area contributed by atoms with E-state index >= 15 is 0 Å². The van der Waals surface area contributed by atoms with E-state index in [-0.39, 0.29) is 6.29 Å². The van der Waals surface area contributed by atoms with Crippen molar-refractivity contribution in [3.8, 4) is 0 Å². The van der Waals surface area contributed by atoms with E-state index < -0.39 is 0 Å². The van der Waals surface area contributed by atoms with Crippen LogP contribution in [0.4, 0.5) is 0 Å². The lowest BCUT2D eigenvalue weighted by Gasteiger charge is -2.13. The molecule has 1 rings (SSSR count). The van der Waals surface area contributed by atoms with Crippen molar-refractivity contribution in [2.24, 2.45) is 0 Å². The summed E-state index contributed by atoms with van der Waals surface area (Å²) in [5.74, 6) is 0.990. The number of methoxy groups -OCH3 is 2. The Morgan fingerprint density at radius 3 is 2.86 bits per heavy atom. The Bertz CT molecular complexity index is 222. The molecule has 0 atom stereocenters. The highest BCUT2D eigenvalue weighted by atomic mass is 16.7.